The smallest absolute Gasteiger partial charge is 0.223 e. The Morgan fingerprint density at radius 3 is 2.55 bits per heavy atom. The molecule has 1 aromatic carbocycles. The van der Waals surface area contributed by atoms with Gasteiger partial charge in [0.2, 0.25) is 5.91 Å². The molecule has 20 heavy (non-hydrogen) atoms. The van der Waals surface area contributed by atoms with E-state index < -0.39 is 0 Å². The molecule has 0 aromatic heterocycles. The molecule has 1 saturated carbocycles. The van der Waals surface area contributed by atoms with Crippen molar-refractivity contribution in [1.29, 1.82) is 0 Å². The zero-order valence-corrected chi connectivity index (χ0v) is 11.8. The SMILES string of the molecule is O=C(NCC1CCCC(O)C1)C1Cc2ccccc2C1. The fourth-order valence-electron chi connectivity index (χ4n) is 3.58. The number of benzene rings is 1. The van der Waals surface area contributed by atoms with Crippen LogP contribution in [0.2, 0.25) is 0 Å². The lowest BCUT2D eigenvalue weighted by atomic mass is 9.87. The molecule has 0 radical (unpaired) electrons. The molecule has 2 N–H and O–H groups in total. The molecule has 2 unspecified atom stereocenters. The standard InChI is InChI=1S/C17H23NO2/c19-16-7-3-4-12(8-16)11-18-17(20)15-9-13-5-1-2-6-14(13)10-15/h1-2,5-6,12,15-16,19H,3-4,7-11H2,(H,18,20). The van der Waals surface area contributed by atoms with Crippen molar-refractivity contribution in [3.05, 3.63) is 35.4 Å². The molecular formula is C17H23NO2. The monoisotopic (exact) mass is 273 g/mol. The van der Waals surface area contributed by atoms with Crippen molar-refractivity contribution in [2.75, 3.05) is 6.54 Å². The maximum atomic E-state index is 12.3. The highest BCUT2D eigenvalue weighted by atomic mass is 16.3. The van der Waals surface area contributed by atoms with Gasteiger partial charge in [-0.2, -0.15) is 0 Å². The number of fused-ring (bicyclic) bond motifs is 1. The third kappa shape index (κ3) is 3.04. The number of rotatable bonds is 3. The van der Waals surface area contributed by atoms with Crippen LogP contribution in [0.1, 0.15) is 36.8 Å². The number of aliphatic hydroxyl groups excluding tert-OH is 1. The maximum absolute atomic E-state index is 12.3. The average molecular weight is 273 g/mol. The lowest BCUT2D eigenvalue weighted by molar-refractivity contribution is -0.125. The van der Waals surface area contributed by atoms with E-state index in [1.807, 2.05) is 12.1 Å². The van der Waals surface area contributed by atoms with Crippen molar-refractivity contribution in [3.63, 3.8) is 0 Å². The summed E-state index contributed by atoms with van der Waals surface area (Å²) in [6.45, 7) is 0.725. The van der Waals surface area contributed by atoms with Gasteiger partial charge in [0.05, 0.1) is 6.10 Å². The van der Waals surface area contributed by atoms with Crippen LogP contribution in [0.25, 0.3) is 0 Å². The molecule has 1 aromatic rings. The third-order valence-corrected chi connectivity index (χ3v) is 4.74. The van der Waals surface area contributed by atoms with Crippen LogP contribution in [0, 0.1) is 11.8 Å². The van der Waals surface area contributed by atoms with Crippen molar-refractivity contribution < 1.29 is 9.90 Å². The van der Waals surface area contributed by atoms with E-state index in [0.717, 1.165) is 45.1 Å². The zero-order valence-electron chi connectivity index (χ0n) is 11.8. The molecule has 0 heterocycles. The number of amides is 1. The number of hydrogen-bond acceptors (Lipinski definition) is 2. The maximum Gasteiger partial charge on any atom is 0.223 e. The summed E-state index contributed by atoms with van der Waals surface area (Å²) in [5.41, 5.74) is 2.64. The van der Waals surface area contributed by atoms with E-state index in [9.17, 15) is 9.90 Å². The van der Waals surface area contributed by atoms with E-state index in [0.29, 0.717) is 5.92 Å². The van der Waals surface area contributed by atoms with Crippen LogP contribution >= 0.6 is 0 Å². The molecule has 0 bridgehead atoms. The minimum Gasteiger partial charge on any atom is -0.393 e. The lowest BCUT2D eigenvalue weighted by Gasteiger charge is -2.26. The minimum absolute atomic E-state index is 0.0981. The molecule has 3 rings (SSSR count). The largest absolute Gasteiger partial charge is 0.393 e. The summed E-state index contributed by atoms with van der Waals surface area (Å²) in [5, 5.41) is 12.8. The van der Waals surface area contributed by atoms with Crippen LogP contribution in [0.5, 0.6) is 0 Å². The van der Waals surface area contributed by atoms with Crippen molar-refractivity contribution in [3.8, 4) is 0 Å². The Morgan fingerprint density at radius 1 is 1.20 bits per heavy atom. The van der Waals surface area contributed by atoms with Crippen molar-refractivity contribution >= 4 is 5.91 Å². The number of hydrogen-bond donors (Lipinski definition) is 2. The molecule has 2 atom stereocenters. The van der Waals surface area contributed by atoms with Gasteiger partial charge in [-0.05, 0) is 49.1 Å². The predicted octanol–water partition coefficient (Wildman–Crippen LogP) is 2.07. The predicted molar refractivity (Wildman–Crippen MR) is 78.3 cm³/mol. The Hall–Kier alpha value is -1.35. The molecule has 1 amide bonds. The van der Waals surface area contributed by atoms with Gasteiger partial charge in [0.25, 0.3) is 0 Å². The summed E-state index contributed by atoms with van der Waals surface area (Å²) in [6.07, 6.45) is 5.54. The molecule has 2 aliphatic rings. The van der Waals surface area contributed by atoms with Gasteiger partial charge in [-0.25, -0.2) is 0 Å². The fraction of sp³-hybridized carbons (Fsp3) is 0.588. The lowest BCUT2D eigenvalue weighted by Crippen LogP contribution is -2.36. The Labute approximate surface area is 120 Å². The second-order valence-electron chi connectivity index (χ2n) is 6.31. The van der Waals surface area contributed by atoms with Crippen LogP contribution in [0.15, 0.2) is 24.3 Å². The first kappa shape index (κ1) is 13.6. The summed E-state index contributed by atoms with van der Waals surface area (Å²) in [7, 11) is 0. The van der Waals surface area contributed by atoms with Gasteiger partial charge in [0.15, 0.2) is 0 Å². The van der Waals surface area contributed by atoms with Crippen molar-refractivity contribution in [2.45, 2.75) is 44.6 Å². The molecule has 0 aliphatic heterocycles. The van der Waals surface area contributed by atoms with Gasteiger partial charge < -0.3 is 10.4 Å². The molecule has 0 spiro atoms. The van der Waals surface area contributed by atoms with Crippen LogP contribution in [0.4, 0.5) is 0 Å². The first-order valence-corrected chi connectivity index (χ1v) is 7.75. The first-order chi connectivity index (χ1) is 9.72. The molecule has 0 saturated heterocycles. The summed E-state index contributed by atoms with van der Waals surface area (Å²) in [4.78, 5) is 12.3. The van der Waals surface area contributed by atoms with E-state index in [-0.39, 0.29) is 17.9 Å². The zero-order chi connectivity index (χ0) is 13.9. The molecular weight excluding hydrogens is 250 g/mol. The van der Waals surface area contributed by atoms with Gasteiger partial charge in [-0.1, -0.05) is 30.7 Å². The summed E-state index contributed by atoms with van der Waals surface area (Å²) < 4.78 is 0. The Kier molecular flexibility index (Phi) is 4.06. The van der Waals surface area contributed by atoms with Gasteiger partial charge in [0.1, 0.15) is 0 Å². The van der Waals surface area contributed by atoms with Crippen LogP contribution in [0.3, 0.4) is 0 Å². The van der Waals surface area contributed by atoms with Gasteiger partial charge in [-0.15, -0.1) is 0 Å². The minimum atomic E-state index is -0.165. The Bertz CT molecular complexity index is 461. The second kappa shape index (κ2) is 5.96. The van der Waals surface area contributed by atoms with Crippen molar-refractivity contribution in [1.82, 2.24) is 5.32 Å². The molecule has 2 aliphatic carbocycles. The Morgan fingerprint density at radius 2 is 1.90 bits per heavy atom. The fourth-order valence-corrected chi connectivity index (χ4v) is 3.58. The van der Waals surface area contributed by atoms with Gasteiger partial charge in [-0.3, -0.25) is 4.79 Å². The van der Waals surface area contributed by atoms with Crippen molar-refractivity contribution in [2.24, 2.45) is 11.8 Å². The number of nitrogens with one attached hydrogen (secondary N) is 1. The molecule has 3 nitrogen and oxygen atoms in total. The van der Waals surface area contributed by atoms with E-state index in [4.69, 9.17) is 0 Å². The summed E-state index contributed by atoms with van der Waals surface area (Å²) in [6, 6.07) is 8.34. The van der Waals surface area contributed by atoms with Crippen LogP contribution in [-0.4, -0.2) is 23.7 Å². The molecule has 1 fully saturated rings. The topological polar surface area (TPSA) is 49.3 Å². The van der Waals surface area contributed by atoms with Gasteiger partial charge >= 0.3 is 0 Å². The first-order valence-electron chi connectivity index (χ1n) is 7.75. The van der Waals surface area contributed by atoms with Crippen LogP contribution < -0.4 is 5.32 Å². The summed E-state index contributed by atoms with van der Waals surface area (Å²) >= 11 is 0. The molecule has 3 heteroatoms. The number of carbonyl (C=O) groups is 1. The van der Waals surface area contributed by atoms with E-state index >= 15 is 0 Å². The van der Waals surface area contributed by atoms with Gasteiger partial charge in [0, 0.05) is 12.5 Å². The average Bonchev–Trinajstić information content (AvgIpc) is 2.89. The normalized spacial score (nSPS) is 26.2. The van der Waals surface area contributed by atoms with E-state index in [1.54, 1.807) is 0 Å². The highest BCUT2D eigenvalue weighted by Crippen LogP contribution is 2.27. The quantitative estimate of drug-likeness (QED) is 0.885. The third-order valence-electron chi connectivity index (χ3n) is 4.74. The Balaban J connectivity index is 1.49. The van der Waals surface area contributed by atoms with Crippen LogP contribution in [-0.2, 0) is 17.6 Å². The highest BCUT2D eigenvalue weighted by molar-refractivity contribution is 5.80. The molecule has 108 valence electrons. The number of carbonyl (C=O) groups excluding carboxylic acids is 1. The summed E-state index contributed by atoms with van der Waals surface area (Å²) in [5.74, 6) is 0.730. The van der Waals surface area contributed by atoms with E-state index in [2.05, 4.69) is 17.4 Å². The highest BCUT2D eigenvalue weighted by Gasteiger charge is 2.28. The number of aliphatic hydroxyl groups is 1. The second-order valence-corrected chi connectivity index (χ2v) is 6.31. The van der Waals surface area contributed by atoms with E-state index in [1.165, 1.54) is 11.1 Å².